The van der Waals surface area contributed by atoms with E-state index < -0.39 is 10.0 Å². The Hall–Kier alpha value is -2.38. The van der Waals surface area contributed by atoms with Crippen LogP contribution < -0.4 is 10.0 Å². The van der Waals surface area contributed by atoms with E-state index in [4.69, 9.17) is 11.6 Å². The van der Waals surface area contributed by atoms with Crippen LogP contribution >= 0.6 is 11.6 Å². The molecule has 6 nitrogen and oxygen atoms in total. The Balaban J connectivity index is 1.64. The molecular weight excluding hydrogens is 350 g/mol. The number of carbonyl (C=O) groups excluding carboxylic acids is 1. The molecule has 24 heavy (non-hydrogen) atoms. The van der Waals surface area contributed by atoms with Gasteiger partial charge in [-0.2, -0.15) is 0 Å². The molecule has 1 aliphatic rings. The molecule has 1 aliphatic heterocycles. The molecule has 0 aliphatic carbocycles. The smallest absolute Gasteiger partial charge is 0.263 e. The predicted molar refractivity (Wildman–Crippen MR) is 92.9 cm³/mol. The van der Waals surface area contributed by atoms with Crippen molar-refractivity contribution in [3.8, 4) is 0 Å². The summed E-state index contributed by atoms with van der Waals surface area (Å²) in [5.41, 5.74) is 1.12. The van der Waals surface area contributed by atoms with Crippen LogP contribution in [0.3, 0.4) is 0 Å². The number of carbonyl (C=O) groups is 1. The maximum absolute atomic E-state index is 11.9. The summed E-state index contributed by atoms with van der Waals surface area (Å²) in [4.78, 5) is 16.3. The summed E-state index contributed by atoms with van der Waals surface area (Å²) < 4.78 is 26.3. The second kappa shape index (κ2) is 6.62. The van der Waals surface area contributed by atoms with Gasteiger partial charge in [-0.3, -0.25) is 14.5 Å². The number of fused-ring (bicyclic) bond motifs is 1. The lowest BCUT2D eigenvalue weighted by Crippen LogP contribution is -2.23. The van der Waals surface area contributed by atoms with Crippen LogP contribution in [0.25, 0.3) is 0 Å². The number of rotatable bonds is 4. The third-order valence-electron chi connectivity index (χ3n) is 3.38. The van der Waals surface area contributed by atoms with E-state index in [1.54, 1.807) is 42.5 Å². The SMILES string of the molecule is O=C(CCN=C1NS(=O)(=O)c2ccccc21)Nc1cccc(Cl)c1. The average molecular weight is 364 g/mol. The lowest BCUT2D eigenvalue weighted by atomic mass is 10.2. The molecule has 1 amide bonds. The molecule has 0 bridgehead atoms. The van der Waals surface area contributed by atoms with Gasteiger partial charge >= 0.3 is 0 Å². The first-order chi connectivity index (χ1) is 11.5. The molecule has 8 heteroatoms. The first-order valence-corrected chi connectivity index (χ1v) is 9.04. The molecule has 0 saturated heterocycles. The van der Waals surface area contributed by atoms with E-state index in [-0.39, 0.29) is 29.6 Å². The highest BCUT2D eigenvalue weighted by Crippen LogP contribution is 2.22. The number of hydrogen-bond acceptors (Lipinski definition) is 4. The summed E-state index contributed by atoms with van der Waals surface area (Å²) in [5.74, 6) is 0.0388. The molecule has 3 rings (SSSR count). The van der Waals surface area contributed by atoms with Crippen molar-refractivity contribution < 1.29 is 13.2 Å². The van der Waals surface area contributed by atoms with Crippen LogP contribution in [0.5, 0.6) is 0 Å². The number of halogens is 1. The number of benzene rings is 2. The van der Waals surface area contributed by atoms with Gasteiger partial charge in [0, 0.05) is 22.7 Å². The van der Waals surface area contributed by atoms with Gasteiger partial charge in [-0.05, 0) is 30.3 Å². The minimum atomic E-state index is -3.55. The molecule has 0 saturated carbocycles. The van der Waals surface area contributed by atoms with Crippen molar-refractivity contribution in [1.29, 1.82) is 0 Å². The van der Waals surface area contributed by atoms with Crippen molar-refractivity contribution in [2.75, 3.05) is 11.9 Å². The van der Waals surface area contributed by atoms with Crippen LogP contribution in [0.15, 0.2) is 58.4 Å². The van der Waals surface area contributed by atoms with E-state index in [1.165, 1.54) is 6.07 Å². The zero-order chi connectivity index (χ0) is 17.2. The van der Waals surface area contributed by atoms with Gasteiger partial charge in [0.1, 0.15) is 5.84 Å². The Morgan fingerprint density at radius 2 is 1.96 bits per heavy atom. The normalized spacial score (nSPS) is 16.5. The molecule has 124 valence electrons. The van der Waals surface area contributed by atoms with Gasteiger partial charge in [0.25, 0.3) is 10.0 Å². The number of nitrogens with zero attached hydrogens (tertiary/aromatic N) is 1. The third kappa shape index (κ3) is 3.58. The van der Waals surface area contributed by atoms with Crippen LogP contribution in [0.1, 0.15) is 12.0 Å². The van der Waals surface area contributed by atoms with Gasteiger partial charge < -0.3 is 5.32 Å². The molecule has 0 spiro atoms. The molecule has 2 aromatic carbocycles. The van der Waals surface area contributed by atoms with Crippen molar-refractivity contribution in [1.82, 2.24) is 4.72 Å². The summed E-state index contributed by atoms with van der Waals surface area (Å²) in [6.07, 6.45) is 0.125. The minimum Gasteiger partial charge on any atom is -0.326 e. The highest BCUT2D eigenvalue weighted by Gasteiger charge is 2.29. The van der Waals surface area contributed by atoms with E-state index in [0.29, 0.717) is 16.3 Å². The molecule has 1 heterocycles. The molecule has 2 N–H and O–H groups in total. The van der Waals surface area contributed by atoms with Gasteiger partial charge in [-0.1, -0.05) is 29.8 Å². The first kappa shape index (κ1) is 16.5. The Kier molecular flexibility index (Phi) is 4.55. The standard InChI is InChI=1S/C16H14ClN3O3S/c17-11-4-3-5-12(10-11)19-15(21)8-9-18-16-13-6-1-2-7-14(13)24(22,23)20-16/h1-7,10H,8-9H2,(H,18,20)(H,19,21). The topological polar surface area (TPSA) is 87.6 Å². The van der Waals surface area contributed by atoms with E-state index >= 15 is 0 Å². The second-order valence-corrected chi connectivity index (χ2v) is 7.23. The van der Waals surface area contributed by atoms with Crippen LogP contribution in [0.4, 0.5) is 5.69 Å². The first-order valence-electron chi connectivity index (χ1n) is 7.18. The number of amides is 1. The predicted octanol–water partition coefficient (Wildman–Crippen LogP) is 2.41. The third-order valence-corrected chi connectivity index (χ3v) is 5.01. The highest BCUT2D eigenvalue weighted by atomic mass is 35.5. The number of hydrogen-bond donors (Lipinski definition) is 2. The largest absolute Gasteiger partial charge is 0.326 e. The summed E-state index contributed by atoms with van der Waals surface area (Å²) in [5, 5.41) is 3.24. The maximum Gasteiger partial charge on any atom is 0.263 e. The fourth-order valence-electron chi connectivity index (χ4n) is 2.31. The van der Waals surface area contributed by atoms with Gasteiger partial charge in [-0.15, -0.1) is 0 Å². The van der Waals surface area contributed by atoms with Gasteiger partial charge in [0.15, 0.2) is 0 Å². The zero-order valence-electron chi connectivity index (χ0n) is 12.5. The second-order valence-electron chi connectivity index (χ2n) is 5.14. The summed E-state index contributed by atoms with van der Waals surface area (Å²) in [7, 11) is -3.55. The van der Waals surface area contributed by atoms with E-state index in [2.05, 4.69) is 15.0 Å². The van der Waals surface area contributed by atoms with Crippen LogP contribution in [0.2, 0.25) is 5.02 Å². The number of nitrogens with one attached hydrogen (secondary N) is 2. The van der Waals surface area contributed by atoms with Gasteiger partial charge in [0.05, 0.1) is 11.4 Å². The lowest BCUT2D eigenvalue weighted by molar-refractivity contribution is -0.116. The van der Waals surface area contributed by atoms with E-state index in [0.717, 1.165) is 0 Å². The van der Waals surface area contributed by atoms with Crippen LogP contribution in [-0.4, -0.2) is 26.7 Å². The molecule has 0 unspecified atom stereocenters. The van der Waals surface area contributed by atoms with E-state index in [9.17, 15) is 13.2 Å². The fraction of sp³-hybridized carbons (Fsp3) is 0.125. The Morgan fingerprint density at radius 1 is 1.17 bits per heavy atom. The monoisotopic (exact) mass is 363 g/mol. The highest BCUT2D eigenvalue weighted by molar-refractivity contribution is 7.90. The Bertz CT molecular complexity index is 926. The van der Waals surface area contributed by atoms with Gasteiger partial charge in [0.2, 0.25) is 5.91 Å². The molecular formula is C16H14ClN3O3S. The summed E-state index contributed by atoms with van der Waals surface area (Å²) >= 11 is 5.86. The minimum absolute atomic E-state index is 0.125. The fourth-order valence-corrected chi connectivity index (χ4v) is 3.75. The van der Waals surface area contributed by atoms with Crippen molar-refractivity contribution in [3.63, 3.8) is 0 Å². The molecule has 0 aromatic heterocycles. The van der Waals surface area contributed by atoms with E-state index in [1.807, 2.05) is 0 Å². The Labute approximate surface area is 144 Å². The molecule has 0 fully saturated rings. The number of aliphatic imine (C=N–C) groups is 1. The van der Waals surface area contributed by atoms with Crippen LogP contribution in [0, 0.1) is 0 Å². The summed E-state index contributed by atoms with van der Waals surface area (Å²) in [6, 6.07) is 13.4. The molecule has 0 atom stereocenters. The zero-order valence-corrected chi connectivity index (χ0v) is 14.1. The molecule has 0 radical (unpaired) electrons. The maximum atomic E-state index is 11.9. The number of sulfonamides is 1. The Morgan fingerprint density at radius 3 is 2.75 bits per heavy atom. The number of anilines is 1. The quantitative estimate of drug-likeness (QED) is 0.874. The number of amidine groups is 1. The summed E-state index contributed by atoms with van der Waals surface area (Å²) in [6.45, 7) is 0.165. The lowest BCUT2D eigenvalue weighted by Gasteiger charge is -2.04. The van der Waals surface area contributed by atoms with Crippen molar-refractivity contribution >= 4 is 39.1 Å². The van der Waals surface area contributed by atoms with Crippen molar-refractivity contribution in [3.05, 3.63) is 59.1 Å². The average Bonchev–Trinajstić information content (AvgIpc) is 2.79. The van der Waals surface area contributed by atoms with Gasteiger partial charge in [-0.25, -0.2) is 8.42 Å². The van der Waals surface area contributed by atoms with Crippen LogP contribution in [-0.2, 0) is 14.8 Å². The van der Waals surface area contributed by atoms with Crippen molar-refractivity contribution in [2.45, 2.75) is 11.3 Å². The van der Waals surface area contributed by atoms with Crippen molar-refractivity contribution in [2.24, 2.45) is 4.99 Å². The molecule has 2 aromatic rings.